The topological polar surface area (TPSA) is 29.1 Å². The molecule has 2 heteroatoms. The lowest BCUT2D eigenvalue weighted by atomic mass is 10.1. The van der Waals surface area contributed by atoms with Gasteiger partial charge in [0, 0.05) is 19.4 Å². The Morgan fingerprint density at radius 1 is 1.24 bits per heavy atom. The summed E-state index contributed by atoms with van der Waals surface area (Å²) in [4.78, 5) is 11.4. The molecule has 0 aliphatic heterocycles. The molecular weight excluding hydrogens is 210 g/mol. The summed E-state index contributed by atoms with van der Waals surface area (Å²) < 4.78 is 0. The van der Waals surface area contributed by atoms with Crippen LogP contribution < -0.4 is 5.32 Å². The molecule has 0 aliphatic rings. The number of terminal acetylenes is 1. The number of carbonyl (C=O) groups excluding carboxylic acids is 1. The van der Waals surface area contributed by atoms with Crippen LogP contribution >= 0.6 is 0 Å². The van der Waals surface area contributed by atoms with Gasteiger partial charge in [0.1, 0.15) is 0 Å². The fraction of sp³-hybridized carbons (Fsp3) is 0.667. The first-order chi connectivity index (χ1) is 8.16. The Morgan fingerprint density at radius 3 is 2.59 bits per heavy atom. The predicted molar refractivity (Wildman–Crippen MR) is 72.2 cm³/mol. The third kappa shape index (κ3) is 12.5. The van der Waals surface area contributed by atoms with Crippen molar-refractivity contribution >= 4 is 5.91 Å². The van der Waals surface area contributed by atoms with E-state index in [9.17, 15) is 4.79 Å². The van der Waals surface area contributed by atoms with Crippen molar-refractivity contribution in [2.45, 2.75) is 52.4 Å². The van der Waals surface area contributed by atoms with Gasteiger partial charge in [-0.25, -0.2) is 0 Å². The predicted octanol–water partition coefficient (Wildman–Crippen LogP) is 2.74. The van der Waals surface area contributed by atoms with Crippen LogP contribution in [0.2, 0.25) is 0 Å². The van der Waals surface area contributed by atoms with Crippen molar-refractivity contribution in [3.63, 3.8) is 0 Å². The number of hydrogen-bond acceptors (Lipinski definition) is 1. The Balaban J connectivity index is 3.28. The lowest BCUT2D eigenvalue weighted by molar-refractivity contribution is -0.121. The first-order valence-corrected chi connectivity index (χ1v) is 6.37. The summed E-state index contributed by atoms with van der Waals surface area (Å²) >= 11 is 0. The van der Waals surface area contributed by atoms with Crippen LogP contribution in [0.4, 0.5) is 0 Å². The molecule has 0 heterocycles. The lowest BCUT2D eigenvalue weighted by Gasteiger charge is -2.07. The summed E-state index contributed by atoms with van der Waals surface area (Å²) in [7, 11) is 0. The monoisotopic (exact) mass is 233 g/mol. The SMILES string of the molecule is C#CC#CCCCCCCC(=O)NCC(C)C. The molecule has 0 aliphatic carbocycles. The summed E-state index contributed by atoms with van der Waals surface area (Å²) in [6, 6.07) is 0. The average Bonchev–Trinajstić information content (AvgIpc) is 2.30. The number of nitrogens with one attached hydrogen (secondary N) is 1. The Bertz CT molecular complexity index is 301. The Labute approximate surface area is 106 Å². The molecule has 0 saturated heterocycles. The van der Waals surface area contributed by atoms with Crippen molar-refractivity contribution in [1.82, 2.24) is 5.32 Å². The van der Waals surface area contributed by atoms with E-state index in [1.807, 2.05) is 0 Å². The Hall–Kier alpha value is -1.41. The zero-order chi connectivity index (χ0) is 12.9. The van der Waals surface area contributed by atoms with Crippen LogP contribution in [0.15, 0.2) is 0 Å². The van der Waals surface area contributed by atoms with Crippen LogP contribution in [0.25, 0.3) is 0 Å². The average molecular weight is 233 g/mol. The maximum absolute atomic E-state index is 11.4. The van der Waals surface area contributed by atoms with Crippen molar-refractivity contribution in [2.24, 2.45) is 5.92 Å². The molecular formula is C15H23NO. The molecule has 0 aromatic rings. The van der Waals surface area contributed by atoms with E-state index in [1.165, 1.54) is 0 Å². The quantitative estimate of drug-likeness (QED) is 0.507. The first kappa shape index (κ1) is 15.6. The molecule has 17 heavy (non-hydrogen) atoms. The zero-order valence-electron chi connectivity index (χ0n) is 11.0. The maximum Gasteiger partial charge on any atom is 0.220 e. The molecule has 0 spiro atoms. The fourth-order valence-corrected chi connectivity index (χ4v) is 1.37. The van der Waals surface area contributed by atoms with Gasteiger partial charge in [0.25, 0.3) is 0 Å². The molecule has 0 bridgehead atoms. The molecule has 94 valence electrons. The molecule has 0 aromatic carbocycles. The second-order valence-corrected chi connectivity index (χ2v) is 4.56. The summed E-state index contributed by atoms with van der Waals surface area (Å²) in [5, 5.41) is 2.92. The molecule has 0 rings (SSSR count). The van der Waals surface area contributed by atoms with Crippen molar-refractivity contribution < 1.29 is 4.79 Å². The summed E-state index contributed by atoms with van der Waals surface area (Å²) in [5.41, 5.74) is 0. The van der Waals surface area contributed by atoms with E-state index < -0.39 is 0 Å². The highest BCUT2D eigenvalue weighted by atomic mass is 16.1. The van der Waals surface area contributed by atoms with Gasteiger partial charge >= 0.3 is 0 Å². The molecule has 0 saturated carbocycles. The van der Waals surface area contributed by atoms with Gasteiger partial charge in [0.2, 0.25) is 5.91 Å². The molecule has 0 unspecified atom stereocenters. The number of amides is 1. The van der Waals surface area contributed by atoms with Gasteiger partial charge in [-0.2, -0.15) is 0 Å². The van der Waals surface area contributed by atoms with Crippen molar-refractivity contribution in [1.29, 1.82) is 0 Å². The lowest BCUT2D eigenvalue weighted by Crippen LogP contribution is -2.26. The zero-order valence-corrected chi connectivity index (χ0v) is 11.0. The van der Waals surface area contributed by atoms with Crippen LogP contribution in [0.3, 0.4) is 0 Å². The highest BCUT2D eigenvalue weighted by Gasteiger charge is 2.01. The van der Waals surface area contributed by atoms with E-state index >= 15 is 0 Å². The molecule has 0 fully saturated rings. The van der Waals surface area contributed by atoms with Gasteiger partial charge in [-0.3, -0.25) is 4.79 Å². The van der Waals surface area contributed by atoms with Crippen LogP contribution in [-0.2, 0) is 4.79 Å². The summed E-state index contributed by atoms with van der Waals surface area (Å²) in [6.45, 7) is 4.97. The molecule has 1 N–H and O–H groups in total. The third-order valence-electron chi connectivity index (χ3n) is 2.32. The van der Waals surface area contributed by atoms with E-state index in [1.54, 1.807) is 0 Å². The van der Waals surface area contributed by atoms with Crippen molar-refractivity contribution in [3.8, 4) is 24.2 Å². The second-order valence-electron chi connectivity index (χ2n) is 4.56. The normalized spacial score (nSPS) is 9.29. The first-order valence-electron chi connectivity index (χ1n) is 6.37. The van der Waals surface area contributed by atoms with E-state index in [-0.39, 0.29) is 5.91 Å². The smallest absolute Gasteiger partial charge is 0.220 e. The summed E-state index contributed by atoms with van der Waals surface area (Å²) in [6.07, 6.45) is 10.8. The van der Waals surface area contributed by atoms with Crippen molar-refractivity contribution in [3.05, 3.63) is 0 Å². The molecule has 1 amide bonds. The van der Waals surface area contributed by atoms with E-state index in [0.29, 0.717) is 12.3 Å². The fourth-order valence-electron chi connectivity index (χ4n) is 1.37. The highest BCUT2D eigenvalue weighted by molar-refractivity contribution is 5.75. The van der Waals surface area contributed by atoms with Gasteiger partial charge in [-0.05, 0) is 30.6 Å². The van der Waals surface area contributed by atoms with Gasteiger partial charge in [0.05, 0.1) is 0 Å². The number of rotatable bonds is 8. The minimum absolute atomic E-state index is 0.172. The number of hydrogen-bond donors (Lipinski definition) is 1. The Kier molecular flexibility index (Phi) is 10.2. The largest absolute Gasteiger partial charge is 0.356 e. The van der Waals surface area contributed by atoms with Crippen LogP contribution in [0.1, 0.15) is 52.4 Å². The molecule has 2 nitrogen and oxygen atoms in total. The van der Waals surface area contributed by atoms with Crippen LogP contribution in [-0.4, -0.2) is 12.5 Å². The maximum atomic E-state index is 11.4. The number of carbonyl (C=O) groups is 1. The van der Waals surface area contributed by atoms with Gasteiger partial charge in [-0.1, -0.05) is 32.6 Å². The minimum Gasteiger partial charge on any atom is -0.356 e. The highest BCUT2D eigenvalue weighted by Crippen LogP contribution is 2.04. The van der Waals surface area contributed by atoms with E-state index in [2.05, 4.69) is 36.9 Å². The second kappa shape index (κ2) is 11.1. The standard InChI is InChI=1S/C15H23NO/c1-4-5-6-7-8-9-10-11-12-15(17)16-13-14(2)3/h1,14H,7-13H2,2-3H3,(H,16,17). The van der Waals surface area contributed by atoms with Crippen molar-refractivity contribution in [2.75, 3.05) is 6.54 Å². The summed E-state index contributed by atoms with van der Waals surface area (Å²) in [5.74, 6) is 8.49. The number of unbranched alkanes of at least 4 members (excludes halogenated alkanes) is 4. The van der Waals surface area contributed by atoms with Crippen LogP contribution in [0, 0.1) is 30.1 Å². The third-order valence-corrected chi connectivity index (χ3v) is 2.32. The molecule has 0 radical (unpaired) electrons. The minimum atomic E-state index is 0.172. The van der Waals surface area contributed by atoms with Gasteiger partial charge in [0.15, 0.2) is 0 Å². The van der Waals surface area contributed by atoms with Crippen LogP contribution in [0.5, 0.6) is 0 Å². The van der Waals surface area contributed by atoms with Gasteiger partial charge in [-0.15, -0.1) is 6.42 Å². The Morgan fingerprint density at radius 2 is 1.94 bits per heavy atom. The van der Waals surface area contributed by atoms with Gasteiger partial charge < -0.3 is 5.32 Å². The molecule has 0 aromatic heterocycles. The van der Waals surface area contributed by atoms with E-state index in [0.717, 1.165) is 38.6 Å². The molecule has 0 atom stereocenters. The van der Waals surface area contributed by atoms with E-state index in [4.69, 9.17) is 6.42 Å².